The molecule has 10 aromatic carbocycles. The molecule has 0 saturated carbocycles. The number of allylic oxidation sites excluding steroid dienone is 5. The SMILES string of the molecule is C=C1/C=C\C=C/Cc2ccc(-c3c4ccccc4c(-c4ccc(-c5ccc(-c6c7ccccc7c(-c7ccccc7)c7ccccc67)cc5)cc4)c4ccccc34)cc2C1(C)C. The minimum Gasteiger partial charge on any atom is -0.0949 e. The Bertz CT molecular complexity index is 3320. The monoisotopic (exact) mass is 790 g/mol. The van der Waals surface area contributed by atoms with Gasteiger partial charge >= 0.3 is 0 Å². The fourth-order valence-corrected chi connectivity index (χ4v) is 10.1. The van der Waals surface area contributed by atoms with E-state index in [0.717, 1.165) is 12.0 Å². The highest BCUT2D eigenvalue weighted by atomic mass is 14.3. The van der Waals surface area contributed by atoms with Gasteiger partial charge in [0.05, 0.1) is 0 Å². The lowest BCUT2D eigenvalue weighted by Crippen LogP contribution is -2.20. The van der Waals surface area contributed by atoms with Crippen molar-refractivity contribution in [2.45, 2.75) is 25.7 Å². The summed E-state index contributed by atoms with van der Waals surface area (Å²) < 4.78 is 0. The van der Waals surface area contributed by atoms with Crippen LogP contribution in [0.5, 0.6) is 0 Å². The molecule has 0 atom stereocenters. The van der Waals surface area contributed by atoms with E-state index in [1.54, 1.807) is 0 Å². The van der Waals surface area contributed by atoms with Gasteiger partial charge < -0.3 is 0 Å². The zero-order valence-corrected chi connectivity index (χ0v) is 35.2. The Labute approximate surface area is 364 Å². The maximum Gasteiger partial charge on any atom is 0.0143 e. The van der Waals surface area contributed by atoms with Crippen molar-refractivity contribution in [1.82, 2.24) is 0 Å². The fraction of sp³-hybridized carbons (Fsp3) is 0.0645. The molecule has 0 bridgehead atoms. The molecule has 62 heavy (non-hydrogen) atoms. The summed E-state index contributed by atoms with van der Waals surface area (Å²) in [6, 6.07) is 71.9. The van der Waals surface area contributed by atoms with Crippen molar-refractivity contribution in [3.05, 3.63) is 242 Å². The molecule has 1 aliphatic rings. The van der Waals surface area contributed by atoms with Crippen LogP contribution in [-0.4, -0.2) is 0 Å². The van der Waals surface area contributed by atoms with Gasteiger partial charge in [-0.1, -0.05) is 233 Å². The van der Waals surface area contributed by atoms with Gasteiger partial charge in [-0.05, 0) is 128 Å². The van der Waals surface area contributed by atoms with Gasteiger partial charge in [0, 0.05) is 5.41 Å². The summed E-state index contributed by atoms with van der Waals surface area (Å²) in [6.45, 7) is 9.12. The lowest BCUT2D eigenvalue weighted by molar-refractivity contribution is 0.635. The van der Waals surface area contributed by atoms with Crippen molar-refractivity contribution in [3.8, 4) is 55.6 Å². The summed E-state index contributed by atoms with van der Waals surface area (Å²) in [5, 5.41) is 10.1. The molecule has 0 fully saturated rings. The maximum absolute atomic E-state index is 4.51. The molecule has 10 aromatic rings. The van der Waals surface area contributed by atoms with E-state index in [1.165, 1.54) is 110 Å². The molecule has 0 N–H and O–H groups in total. The van der Waals surface area contributed by atoms with Crippen LogP contribution in [0, 0.1) is 0 Å². The van der Waals surface area contributed by atoms with Gasteiger partial charge in [0.1, 0.15) is 0 Å². The van der Waals surface area contributed by atoms with Crippen LogP contribution in [0.25, 0.3) is 98.7 Å². The molecule has 1 aliphatic carbocycles. The molecule has 0 amide bonds. The van der Waals surface area contributed by atoms with E-state index < -0.39 is 0 Å². The fourth-order valence-electron chi connectivity index (χ4n) is 10.1. The van der Waals surface area contributed by atoms with Crippen molar-refractivity contribution < 1.29 is 0 Å². The van der Waals surface area contributed by atoms with Gasteiger partial charge in [-0.15, -0.1) is 0 Å². The zero-order chi connectivity index (χ0) is 41.8. The zero-order valence-electron chi connectivity index (χ0n) is 35.2. The predicted octanol–water partition coefficient (Wildman–Crippen LogP) is 17.1. The lowest BCUT2D eigenvalue weighted by Gasteiger charge is -2.29. The van der Waals surface area contributed by atoms with Crippen LogP contribution in [0.15, 0.2) is 231 Å². The Kier molecular flexibility index (Phi) is 9.17. The highest BCUT2D eigenvalue weighted by Gasteiger charge is 2.27. The number of hydrogen-bond acceptors (Lipinski definition) is 0. The smallest absolute Gasteiger partial charge is 0.0143 e. The first kappa shape index (κ1) is 37.5. The average Bonchev–Trinajstić information content (AvgIpc) is 3.37. The Morgan fingerprint density at radius 1 is 0.355 bits per heavy atom. The van der Waals surface area contributed by atoms with E-state index in [0.29, 0.717) is 0 Å². The standard InChI is InChI=1S/C62H46/c1-41-18-6-4-7-19-44-34-39-48(40-57(44)62(41,2)3)61-55-28-16-14-26-53(55)60(54-27-15-17-29-56(54)61)47-37-32-43(33-38-47)42-30-35-46(36-31-42)59-51-24-12-10-22-49(51)58(45-20-8-5-9-21-45)50-23-11-13-25-52(50)59/h4-18,20-40H,1,19H2,2-3H3/b7-4-,18-6-. The molecule has 0 aromatic heterocycles. The highest BCUT2D eigenvalue weighted by molar-refractivity contribution is 6.22. The first-order valence-corrected chi connectivity index (χ1v) is 21.8. The predicted molar refractivity (Wildman–Crippen MR) is 268 cm³/mol. The molecule has 0 radical (unpaired) electrons. The minimum atomic E-state index is -0.210. The Morgan fingerprint density at radius 2 is 0.694 bits per heavy atom. The number of rotatable bonds is 5. The van der Waals surface area contributed by atoms with Gasteiger partial charge in [0.2, 0.25) is 0 Å². The number of fused-ring (bicyclic) bond motifs is 5. The van der Waals surface area contributed by atoms with E-state index in [-0.39, 0.29) is 5.41 Å². The van der Waals surface area contributed by atoms with Crippen molar-refractivity contribution in [3.63, 3.8) is 0 Å². The summed E-state index contributed by atoms with van der Waals surface area (Å²) in [6.07, 6.45) is 9.57. The second-order valence-electron chi connectivity index (χ2n) is 17.2. The molecule has 0 heterocycles. The molecular weight excluding hydrogens is 745 g/mol. The van der Waals surface area contributed by atoms with Crippen LogP contribution >= 0.6 is 0 Å². The number of benzene rings is 10. The van der Waals surface area contributed by atoms with Crippen molar-refractivity contribution in [1.29, 1.82) is 0 Å². The largest absolute Gasteiger partial charge is 0.0949 e. The molecule has 0 heteroatoms. The third-order valence-electron chi connectivity index (χ3n) is 13.4. The maximum atomic E-state index is 4.51. The topological polar surface area (TPSA) is 0 Å². The summed E-state index contributed by atoms with van der Waals surface area (Å²) in [5.41, 5.74) is 16.0. The van der Waals surface area contributed by atoms with Crippen LogP contribution in [-0.2, 0) is 11.8 Å². The van der Waals surface area contributed by atoms with Crippen LogP contribution in [0.2, 0.25) is 0 Å². The van der Waals surface area contributed by atoms with Crippen molar-refractivity contribution >= 4 is 43.1 Å². The second-order valence-corrected chi connectivity index (χ2v) is 17.2. The van der Waals surface area contributed by atoms with E-state index in [9.17, 15) is 0 Å². The molecule has 0 unspecified atom stereocenters. The third-order valence-corrected chi connectivity index (χ3v) is 13.4. The molecule has 11 rings (SSSR count). The summed E-state index contributed by atoms with van der Waals surface area (Å²) in [5.74, 6) is 0. The Hall–Kier alpha value is -7.54. The van der Waals surface area contributed by atoms with Crippen molar-refractivity contribution in [2.75, 3.05) is 0 Å². The van der Waals surface area contributed by atoms with Gasteiger partial charge in [0.25, 0.3) is 0 Å². The molecule has 0 aliphatic heterocycles. The average molecular weight is 791 g/mol. The van der Waals surface area contributed by atoms with Gasteiger partial charge in [-0.3, -0.25) is 0 Å². The van der Waals surface area contributed by atoms with Gasteiger partial charge in [-0.25, -0.2) is 0 Å². The summed E-state index contributed by atoms with van der Waals surface area (Å²) in [7, 11) is 0. The molecule has 0 nitrogen and oxygen atoms in total. The minimum absolute atomic E-state index is 0.210. The summed E-state index contributed by atoms with van der Waals surface area (Å²) >= 11 is 0. The summed E-state index contributed by atoms with van der Waals surface area (Å²) in [4.78, 5) is 0. The molecule has 294 valence electrons. The van der Waals surface area contributed by atoms with E-state index in [2.05, 4.69) is 239 Å². The molecule has 0 saturated heterocycles. The van der Waals surface area contributed by atoms with Gasteiger partial charge in [-0.2, -0.15) is 0 Å². The van der Waals surface area contributed by atoms with Crippen LogP contribution in [0.1, 0.15) is 25.0 Å². The van der Waals surface area contributed by atoms with Gasteiger partial charge in [0.15, 0.2) is 0 Å². The van der Waals surface area contributed by atoms with E-state index in [4.69, 9.17) is 0 Å². The normalized spacial score (nSPS) is 14.6. The molecular formula is C62H46. The Morgan fingerprint density at radius 3 is 1.11 bits per heavy atom. The van der Waals surface area contributed by atoms with Crippen LogP contribution < -0.4 is 0 Å². The first-order chi connectivity index (χ1) is 30.5. The van der Waals surface area contributed by atoms with E-state index >= 15 is 0 Å². The first-order valence-electron chi connectivity index (χ1n) is 21.8. The quantitative estimate of drug-likeness (QED) is 0.152. The van der Waals surface area contributed by atoms with E-state index in [1.807, 2.05) is 0 Å². The van der Waals surface area contributed by atoms with Crippen LogP contribution in [0.4, 0.5) is 0 Å². The molecule has 0 spiro atoms. The van der Waals surface area contributed by atoms with Crippen LogP contribution in [0.3, 0.4) is 0 Å². The second kappa shape index (κ2) is 15.2. The highest BCUT2D eigenvalue weighted by Crippen LogP contribution is 2.47. The lowest BCUT2D eigenvalue weighted by atomic mass is 9.74. The van der Waals surface area contributed by atoms with Crippen molar-refractivity contribution in [2.24, 2.45) is 0 Å². The Balaban J connectivity index is 0.996. The number of hydrogen-bond donors (Lipinski definition) is 0. The third kappa shape index (κ3) is 6.22.